The number of methoxy groups -OCH3 is 1. The summed E-state index contributed by atoms with van der Waals surface area (Å²) in [5.41, 5.74) is 1.58. The maximum Gasteiger partial charge on any atom is 0.253 e. The van der Waals surface area contributed by atoms with Crippen molar-refractivity contribution in [2.45, 2.75) is 18.5 Å². The smallest absolute Gasteiger partial charge is 0.253 e. The van der Waals surface area contributed by atoms with Crippen LogP contribution in [0, 0.1) is 5.92 Å². The van der Waals surface area contributed by atoms with Crippen molar-refractivity contribution in [2.24, 2.45) is 5.92 Å². The third-order valence-corrected chi connectivity index (χ3v) is 6.48. The molecule has 28 heavy (non-hydrogen) atoms. The van der Waals surface area contributed by atoms with Crippen LogP contribution in [0.1, 0.15) is 18.0 Å². The maximum atomic E-state index is 13.5. The van der Waals surface area contributed by atoms with Gasteiger partial charge in [-0.25, -0.2) is 14.9 Å². The van der Waals surface area contributed by atoms with Gasteiger partial charge in [-0.15, -0.1) is 0 Å². The van der Waals surface area contributed by atoms with Crippen molar-refractivity contribution in [3.8, 4) is 5.75 Å². The molecule has 3 atom stereocenters. The second-order valence-electron chi connectivity index (χ2n) is 7.33. The van der Waals surface area contributed by atoms with E-state index in [-0.39, 0.29) is 17.9 Å². The Balaban J connectivity index is 1.60. The summed E-state index contributed by atoms with van der Waals surface area (Å²) in [7, 11) is 1.64. The molecule has 0 bridgehead atoms. The van der Waals surface area contributed by atoms with E-state index in [0.29, 0.717) is 5.69 Å². The van der Waals surface area contributed by atoms with Crippen molar-refractivity contribution in [1.29, 1.82) is 0 Å². The molecule has 3 saturated heterocycles. The number of halogens is 1. The van der Waals surface area contributed by atoms with Gasteiger partial charge in [0.1, 0.15) is 11.8 Å². The molecule has 2 amide bonds. The summed E-state index contributed by atoms with van der Waals surface area (Å²) in [6, 6.07) is 14.5. The van der Waals surface area contributed by atoms with Crippen molar-refractivity contribution in [1.82, 2.24) is 10.0 Å². The lowest BCUT2D eigenvalue weighted by Crippen LogP contribution is -2.44. The van der Waals surface area contributed by atoms with E-state index in [9.17, 15) is 9.59 Å². The Morgan fingerprint density at radius 1 is 0.929 bits per heavy atom. The summed E-state index contributed by atoms with van der Waals surface area (Å²) in [4.78, 5) is 28.2. The summed E-state index contributed by atoms with van der Waals surface area (Å²) in [6.45, 7) is 1.63. The van der Waals surface area contributed by atoms with Crippen LogP contribution in [0.5, 0.6) is 5.75 Å². The number of carbonyl (C=O) groups is 2. The van der Waals surface area contributed by atoms with Crippen LogP contribution < -0.4 is 9.64 Å². The maximum absolute atomic E-state index is 13.5. The van der Waals surface area contributed by atoms with Gasteiger partial charge in [0, 0.05) is 23.1 Å². The lowest BCUT2D eigenvalue weighted by atomic mass is 9.89. The minimum atomic E-state index is -0.450. The number of ether oxygens (including phenoxy) is 1. The fraction of sp³-hybridized carbons (Fsp3) is 0.333. The number of carbonyl (C=O) groups excluding carboxylic acids is 2. The van der Waals surface area contributed by atoms with Crippen molar-refractivity contribution >= 4 is 33.4 Å². The first-order valence-corrected chi connectivity index (χ1v) is 10.2. The molecule has 2 aromatic rings. The normalized spacial score (nSPS) is 27.4. The fourth-order valence-electron chi connectivity index (χ4n) is 4.84. The predicted molar refractivity (Wildman–Crippen MR) is 108 cm³/mol. The molecule has 5 rings (SSSR count). The molecule has 3 aliphatic rings. The molecule has 2 aromatic carbocycles. The number of nitrogens with zero attached hydrogens (tertiary/aromatic N) is 3. The van der Waals surface area contributed by atoms with Gasteiger partial charge in [0.15, 0.2) is 0 Å². The molecule has 0 spiro atoms. The average Bonchev–Trinajstić information content (AvgIpc) is 3.35. The van der Waals surface area contributed by atoms with Crippen LogP contribution in [-0.4, -0.2) is 48.1 Å². The second kappa shape index (κ2) is 6.69. The molecule has 6 nitrogen and oxygen atoms in total. The Labute approximate surface area is 171 Å². The molecule has 0 aliphatic carbocycles. The highest BCUT2D eigenvalue weighted by Crippen LogP contribution is 2.50. The third kappa shape index (κ3) is 2.46. The van der Waals surface area contributed by atoms with Gasteiger partial charge in [0.05, 0.1) is 24.8 Å². The van der Waals surface area contributed by atoms with E-state index in [2.05, 4.69) is 25.9 Å². The van der Waals surface area contributed by atoms with Gasteiger partial charge < -0.3 is 4.74 Å². The lowest BCUT2D eigenvalue weighted by Gasteiger charge is -2.30. The van der Waals surface area contributed by atoms with E-state index in [1.807, 2.05) is 36.4 Å². The first-order valence-electron chi connectivity index (χ1n) is 9.41. The Morgan fingerprint density at radius 2 is 1.61 bits per heavy atom. The van der Waals surface area contributed by atoms with Gasteiger partial charge >= 0.3 is 0 Å². The minimum Gasteiger partial charge on any atom is -0.496 e. The number of fused-ring (bicyclic) bond motifs is 3. The molecule has 0 unspecified atom stereocenters. The molecule has 0 radical (unpaired) electrons. The molecular formula is C21H20BrN3O3. The number of amides is 2. The molecule has 3 heterocycles. The molecule has 3 aliphatic heterocycles. The molecule has 144 valence electrons. The molecule has 0 N–H and O–H groups in total. The molecule has 3 fully saturated rings. The summed E-state index contributed by atoms with van der Waals surface area (Å²) in [6.07, 6.45) is 0.981. The summed E-state index contributed by atoms with van der Waals surface area (Å²) >= 11 is 3.41. The average molecular weight is 442 g/mol. The quantitative estimate of drug-likeness (QED) is 0.685. The first kappa shape index (κ1) is 17.8. The minimum absolute atomic E-state index is 0.136. The van der Waals surface area contributed by atoms with E-state index in [1.165, 1.54) is 4.90 Å². The SMILES string of the molecule is COc1ccccc1[C@@H]1[C@H]2C(=O)N(c3ccc(Br)cc3)C(=O)[C@@H]2N2CCCN12. The number of hydrogen-bond acceptors (Lipinski definition) is 5. The van der Waals surface area contributed by atoms with Gasteiger partial charge in [0.2, 0.25) is 5.91 Å². The van der Waals surface area contributed by atoms with Gasteiger partial charge in [-0.05, 0) is 36.8 Å². The number of hydrazine groups is 1. The molecular weight excluding hydrogens is 422 g/mol. The van der Waals surface area contributed by atoms with Crippen molar-refractivity contribution in [2.75, 3.05) is 25.1 Å². The van der Waals surface area contributed by atoms with E-state index in [0.717, 1.165) is 35.3 Å². The Morgan fingerprint density at radius 3 is 2.32 bits per heavy atom. The monoisotopic (exact) mass is 441 g/mol. The largest absolute Gasteiger partial charge is 0.496 e. The summed E-state index contributed by atoms with van der Waals surface area (Å²) < 4.78 is 6.49. The molecule has 0 saturated carbocycles. The van der Waals surface area contributed by atoms with E-state index in [4.69, 9.17) is 4.74 Å². The van der Waals surface area contributed by atoms with Crippen LogP contribution in [0.15, 0.2) is 53.0 Å². The van der Waals surface area contributed by atoms with Crippen LogP contribution in [0.2, 0.25) is 0 Å². The Hall–Kier alpha value is -2.22. The van der Waals surface area contributed by atoms with Crippen LogP contribution in [0.4, 0.5) is 5.69 Å². The van der Waals surface area contributed by atoms with Crippen molar-refractivity contribution in [3.05, 3.63) is 58.6 Å². The highest BCUT2D eigenvalue weighted by Gasteiger charge is 2.63. The van der Waals surface area contributed by atoms with Gasteiger partial charge in [0.25, 0.3) is 5.91 Å². The zero-order valence-electron chi connectivity index (χ0n) is 15.4. The van der Waals surface area contributed by atoms with Crippen molar-refractivity contribution in [3.63, 3.8) is 0 Å². The standard InChI is InChI=1S/C21H20BrN3O3/c1-28-16-6-3-2-5-15(16)18-17-19(24-12-4-11-23(18)24)21(27)25(20(17)26)14-9-7-13(22)8-10-14/h2-3,5-10,17-19H,4,11-12H2,1H3/t17-,18-,19-/m1/s1. The highest BCUT2D eigenvalue weighted by molar-refractivity contribution is 9.10. The van der Waals surface area contributed by atoms with Crippen LogP contribution >= 0.6 is 15.9 Å². The molecule has 0 aromatic heterocycles. The highest BCUT2D eigenvalue weighted by atomic mass is 79.9. The predicted octanol–water partition coefficient (Wildman–Crippen LogP) is 2.99. The lowest BCUT2D eigenvalue weighted by molar-refractivity contribution is -0.126. The number of para-hydroxylation sites is 1. The van der Waals surface area contributed by atoms with E-state index < -0.39 is 12.0 Å². The fourth-order valence-corrected chi connectivity index (χ4v) is 5.11. The van der Waals surface area contributed by atoms with Crippen LogP contribution in [0.3, 0.4) is 0 Å². The van der Waals surface area contributed by atoms with Gasteiger partial charge in [-0.2, -0.15) is 0 Å². The molecule has 7 heteroatoms. The van der Waals surface area contributed by atoms with Gasteiger partial charge in [-0.3, -0.25) is 9.59 Å². The van der Waals surface area contributed by atoms with Crippen LogP contribution in [-0.2, 0) is 9.59 Å². The topological polar surface area (TPSA) is 53.1 Å². The zero-order valence-corrected chi connectivity index (χ0v) is 17.0. The van der Waals surface area contributed by atoms with E-state index in [1.54, 1.807) is 19.2 Å². The second-order valence-corrected chi connectivity index (χ2v) is 8.24. The van der Waals surface area contributed by atoms with Crippen molar-refractivity contribution < 1.29 is 14.3 Å². The number of anilines is 1. The first-order chi connectivity index (χ1) is 13.6. The number of imide groups is 1. The number of hydrogen-bond donors (Lipinski definition) is 0. The summed E-state index contributed by atoms with van der Waals surface area (Å²) in [5.74, 6) is 0.0411. The summed E-state index contributed by atoms with van der Waals surface area (Å²) in [5, 5.41) is 4.29. The number of rotatable bonds is 3. The zero-order chi connectivity index (χ0) is 19.4. The van der Waals surface area contributed by atoms with Crippen LogP contribution in [0.25, 0.3) is 0 Å². The number of benzene rings is 2. The van der Waals surface area contributed by atoms with E-state index >= 15 is 0 Å². The third-order valence-electron chi connectivity index (χ3n) is 5.95. The Bertz CT molecular complexity index is 948. The Kier molecular flexibility index (Phi) is 4.26. The van der Waals surface area contributed by atoms with Gasteiger partial charge in [-0.1, -0.05) is 34.1 Å².